The summed E-state index contributed by atoms with van der Waals surface area (Å²) in [7, 11) is -3.68. The fourth-order valence-electron chi connectivity index (χ4n) is 1.34. The molecule has 1 aromatic rings. The molecule has 0 heterocycles. The lowest BCUT2D eigenvalue weighted by Gasteiger charge is -2.10. The number of anilines is 1. The number of nitrogens with two attached hydrogens (primary N) is 2. The highest BCUT2D eigenvalue weighted by molar-refractivity contribution is 9.10. The lowest BCUT2D eigenvalue weighted by Crippen LogP contribution is -2.28. The van der Waals surface area contributed by atoms with E-state index >= 15 is 0 Å². The van der Waals surface area contributed by atoms with Gasteiger partial charge in [-0.1, -0.05) is 0 Å². The number of nitrogen functional groups attached to an aromatic ring is 1. The van der Waals surface area contributed by atoms with Gasteiger partial charge in [-0.2, -0.15) is 0 Å². The normalized spacial score (nSPS) is 11.4. The molecule has 0 aliphatic carbocycles. The number of benzene rings is 1. The first kappa shape index (κ1) is 14.9. The van der Waals surface area contributed by atoms with Gasteiger partial charge in [0.25, 0.3) is 0 Å². The molecule has 0 spiro atoms. The second kappa shape index (κ2) is 5.68. The first-order chi connectivity index (χ1) is 8.24. The molecule has 1 rings (SSSR count). The van der Waals surface area contributed by atoms with Gasteiger partial charge >= 0.3 is 0 Å². The summed E-state index contributed by atoms with van der Waals surface area (Å²) < 4.78 is 26.9. The number of carbonyl (C=O) groups is 1. The fraction of sp³-hybridized carbons (Fsp3) is 0.300. The number of nitrogens with one attached hydrogen (secondary N) is 1. The van der Waals surface area contributed by atoms with E-state index in [1.165, 1.54) is 6.07 Å². The van der Waals surface area contributed by atoms with Crippen LogP contribution in [0.5, 0.6) is 0 Å². The van der Waals surface area contributed by atoms with Crippen LogP contribution in [0, 0.1) is 6.92 Å². The molecule has 0 atom stereocenters. The molecule has 0 radical (unpaired) electrons. The zero-order chi connectivity index (χ0) is 13.9. The predicted octanol–water partition coefficient (Wildman–Crippen LogP) is 0.493. The van der Waals surface area contributed by atoms with Crippen LogP contribution >= 0.6 is 15.9 Å². The van der Waals surface area contributed by atoms with Crippen LogP contribution in [0.25, 0.3) is 0 Å². The van der Waals surface area contributed by atoms with E-state index in [1.807, 2.05) is 0 Å². The van der Waals surface area contributed by atoms with Crippen LogP contribution in [0.15, 0.2) is 21.5 Å². The molecular weight excluding hydrogens is 322 g/mol. The Hall–Kier alpha value is -1.12. The molecule has 8 heteroatoms. The molecule has 0 saturated carbocycles. The van der Waals surface area contributed by atoms with Crippen molar-refractivity contribution in [3.8, 4) is 0 Å². The van der Waals surface area contributed by atoms with Gasteiger partial charge in [-0.3, -0.25) is 4.79 Å². The predicted molar refractivity (Wildman–Crippen MR) is 72.3 cm³/mol. The number of hydrogen-bond donors (Lipinski definition) is 3. The van der Waals surface area contributed by atoms with E-state index in [0.717, 1.165) is 0 Å². The van der Waals surface area contributed by atoms with E-state index in [0.29, 0.717) is 15.7 Å². The zero-order valence-corrected chi connectivity index (χ0v) is 12.1. The number of carbonyl (C=O) groups excluding carboxylic acids is 1. The molecule has 6 nitrogen and oxygen atoms in total. The number of amides is 1. The molecule has 5 N–H and O–H groups in total. The van der Waals surface area contributed by atoms with Crippen LogP contribution in [-0.4, -0.2) is 20.9 Å². The smallest absolute Gasteiger partial charge is 0.240 e. The topological polar surface area (TPSA) is 115 Å². The lowest BCUT2D eigenvalue weighted by molar-refractivity contribution is -0.117. The lowest BCUT2D eigenvalue weighted by atomic mass is 10.2. The quantitative estimate of drug-likeness (QED) is 0.679. The third-order valence-electron chi connectivity index (χ3n) is 2.25. The molecule has 0 bridgehead atoms. The number of primary amides is 1. The molecule has 0 saturated heterocycles. The van der Waals surface area contributed by atoms with Gasteiger partial charge in [-0.25, -0.2) is 13.1 Å². The van der Waals surface area contributed by atoms with Crippen LogP contribution in [0.1, 0.15) is 12.0 Å². The molecule has 0 aliphatic heterocycles. The van der Waals surface area contributed by atoms with Crippen LogP contribution < -0.4 is 16.2 Å². The average molecular weight is 336 g/mol. The van der Waals surface area contributed by atoms with Crippen molar-refractivity contribution in [1.29, 1.82) is 0 Å². The Balaban J connectivity index is 2.98. The summed E-state index contributed by atoms with van der Waals surface area (Å²) in [5.74, 6) is -0.565. The third kappa shape index (κ3) is 3.69. The summed E-state index contributed by atoms with van der Waals surface area (Å²) in [6, 6.07) is 2.99. The molecule has 0 unspecified atom stereocenters. The van der Waals surface area contributed by atoms with Crippen LogP contribution in [0.2, 0.25) is 0 Å². The van der Waals surface area contributed by atoms with Gasteiger partial charge in [0.05, 0.1) is 4.90 Å². The monoisotopic (exact) mass is 335 g/mol. The first-order valence-corrected chi connectivity index (χ1v) is 7.35. The second-order valence-corrected chi connectivity index (χ2v) is 6.34. The summed E-state index contributed by atoms with van der Waals surface area (Å²) in [6.07, 6.45) is -0.0513. The molecule has 1 aromatic carbocycles. The van der Waals surface area contributed by atoms with Crippen molar-refractivity contribution in [2.75, 3.05) is 12.3 Å². The number of rotatable bonds is 5. The van der Waals surface area contributed by atoms with Gasteiger partial charge in [0.15, 0.2) is 0 Å². The number of sulfonamides is 1. The van der Waals surface area contributed by atoms with Crippen molar-refractivity contribution >= 4 is 37.5 Å². The molecule has 1 amide bonds. The van der Waals surface area contributed by atoms with Gasteiger partial charge in [-0.15, -0.1) is 0 Å². The molecule has 0 aromatic heterocycles. The van der Waals surface area contributed by atoms with Crippen molar-refractivity contribution < 1.29 is 13.2 Å². The standard InChI is InChI=1S/C10H14BrN3O3S/c1-6-4-7(11)8(12)5-9(6)18(16,17)14-3-2-10(13)15/h4-5,14H,2-3,12H2,1H3,(H2,13,15). The van der Waals surface area contributed by atoms with Gasteiger partial charge in [0.1, 0.15) is 0 Å². The second-order valence-electron chi connectivity index (χ2n) is 3.75. The average Bonchev–Trinajstić information content (AvgIpc) is 2.22. The minimum atomic E-state index is -3.68. The van der Waals surface area contributed by atoms with Crippen LogP contribution in [-0.2, 0) is 14.8 Å². The Kier molecular flexibility index (Phi) is 4.71. The van der Waals surface area contributed by atoms with Gasteiger partial charge in [0, 0.05) is 23.1 Å². The Labute approximate surface area is 114 Å². The fourth-order valence-corrected chi connectivity index (χ4v) is 3.09. The first-order valence-electron chi connectivity index (χ1n) is 5.07. The van der Waals surface area contributed by atoms with E-state index in [9.17, 15) is 13.2 Å². The molecular formula is C10H14BrN3O3S. The number of hydrogen-bond acceptors (Lipinski definition) is 4. The summed E-state index contributed by atoms with van der Waals surface area (Å²) >= 11 is 3.22. The maximum Gasteiger partial charge on any atom is 0.240 e. The summed E-state index contributed by atoms with van der Waals surface area (Å²) in [5, 5.41) is 0. The van der Waals surface area contributed by atoms with Crippen molar-refractivity contribution in [2.45, 2.75) is 18.2 Å². The third-order valence-corrected chi connectivity index (χ3v) is 4.54. The Morgan fingerprint density at radius 3 is 2.61 bits per heavy atom. The van der Waals surface area contributed by atoms with E-state index in [2.05, 4.69) is 20.7 Å². The van der Waals surface area contributed by atoms with Gasteiger partial charge in [0.2, 0.25) is 15.9 Å². The molecule has 0 fully saturated rings. The Bertz CT molecular complexity index is 572. The van der Waals surface area contributed by atoms with Gasteiger partial charge in [-0.05, 0) is 40.5 Å². The zero-order valence-electron chi connectivity index (χ0n) is 9.73. The molecule has 100 valence electrons. The summed E-state index contributed by atoms with van der Waals surface area (Å²) in [5.41, 5.74) is 11.5. The highest BCUT2D eigenvalue weighted by atomic mass is 79.9. The SMILES string of the molecule is Cc1cc(Br)c(N)cc1S(=O)(=O)NCCC(N)=O. The summed E-state index contributed by atoms with van der Waals surface area (Å²) in [4.78, 5) is 10.6. The van der Waals surface area contributed by atoms with Crippen molar-refractivity contribution in [1.82, 2.24) is 4.72 Å². The molecule has 0 aliphatic rings. The van der Waals surface area contributed by atoms with E-state index in [4.69, 9.17) is 11.5 Å². The van der Waals surface area contributed by atoms with E-state index in [-0.39, 0.29) is 17.9 Å². The minimum Gasteiger partial charge on any atom is -0.398 e. The van der Waals surface area contributed by atoms with Gasteiger partial charge < -0.3 is 11.5 Å². The minimum absolute atomic E-state index is 0.0346. The Morgan fingerprint density at radius 2 is 2.06 bits per heavy atom. The number of halogens is 1. The number of aryl methyl sites for hydroxylation is 1. The highest BCUT2D eigenvalue weighted by Gasteiger charge is 2.18. The maximum atomic E-state index is 12.0. The Morgan fingerprint density at radius 1 is 1.44 bits per heavy atom. The molecule has 18 heavy (non-hydrogen) atoms. The summed E-state index contributed by atoms with van der Waals surface area (Å²) in [6.45, 7) is 1.62. The van der Waals surface area contributed by atoms with Crippen LogP contribution in [0.3, 0.4) is 0 Å². The van der Waals surface area contributed by atoms with Crippen molar-refractivity contribution in [3.05, 3.63) is 22.2 Å². The highest BCUT2D eigenvalue weighted by Crippen LogP contribution is 2.26. The largest absolute Gasteiger partial charge is 0.398 e. The van der Waals surface area contributed by atoms with Crippen LogP contribution in [0.4, 0.5) is 5.69 Å². The maximum absolute atomic E-state index is 12.0. The van der Waals surface area contributed by atoms with E-state index in [1.54, 1.807) is 13.0 Å². The van der Waals surface area contributed by atoms with Crippen molar-refractivity contribution in [3.63, 3.8) is 0 Å². The van der Waals surface area contributed by atoms with E-state index < -0.39 is 15.9 Å². The van der Waals surface area contributed by atoms with Crippen molar-refractivity contribution in [2.24, 2.45) is 5.73 Å².